The summed E-state index contributed by atoms with van der Waals surface area (Å²) in [6.07, 6.45) is 0. The minimum Gasteiger partial charge on any atom is -0.357 e. The number of hydrogen-bond acceptors (Lipinski definition) is 3. The van der Waals surface area contributed by atoms with E-state index < -0.39 is 6.04 Å². The predicted molar refractivity (Wildman–Crippen MR) is 108 cm³/mol. The van der Waals surface area contributed by atoms with Crippen molar-refractivity contribution in [1.82, 2.24) is 10.2 Å². The summed E-state index contributed by atoms with van der Waals surface area (Å²) in [5, 5.41) is 3.16. The van der Waals surface area contributed by atoms with Crippen LogP contribution in [0.5, 0.6) is 0 Å². The quantitative estimate of drug-likeness (QED) is 0.721. The molecule has 2 amide bonds. The number of benzene rings is 2. The van der Waals surface area contributed by atoms with Gasteiger partial charge in [0.2, 0.25) is 11.8 Å². The van der Waals surface area contributed by atoms with Gasteiger partial charge >= 0.3 is 0 Å². The van der Waals surface area contributed by atoms with Crippen LogP contribution in [0.2, 0.25) is 5.02 Å². The third kappa shape index (κ3) is 6.56. The Bertz CT molecular complexity index is 786. The van der Waals surface area contributed by atoms with Crippen molar-refractivity contribution in [2.75, 3.05) is 12.8 Å². The average molecular weight is 409 g/mol. The fraction of sp³-hybridized carbons (Fsp3) is 0.300. The van der Waals surface area contributed by atoms with Crippen LogP contribution in [0.25, 0.3) is 0 Å². The van der Waals surface area contributed by atoms with Gasteiger partial charge in [0.1, 0.15) is 11.9 Å². The lowest BCUT2D eigenvalue weighted by molar-refractivity contribution is -0.138. The zero-order chi connectivity index (χ0) is 19.8. The highest BCUT2D eigenvalue weighted by atomic mass is 35.5. The molecule has 0 bridgehead atoms. The molecule has 27 heavy (non-hydrogen) atoms. The fourth-order valence-electron chi connectivity index (χ4n) is 2.54. The number of halogens is 2. The highest BCUT2D eigenvalue weighted by molar-refractivity contribution is 7.99. The number of nitrogens with zero attached hydrogens (tertiary/aromatic N) is 1. The standard InChI is InChI=1S/C20H22ClFN2O2S/c1-14(20(26)23-2)24(11-16-4-3-5-17(21)10-16)19(25)13-27-12-15-6-8-18(22)9-7-15/h3-10,14H,11-13H2,1-2H3,(H,23,26). The molecule has 0 aliphatic heterocycles. The zero-order valence-electron chi connectivity index (χ0n) is 15.2. The van der Waals surface area contributed by atoms with Crippen LogP contribution in [0.4, 0.5) is 4.39 Å². The molecular weight excluding hydrogens is 387 g/mol. The number of amides is 2. The molecule has 4 nitrogen and oxygen atoms in total. The summed E-state index contributed by atoms with van der Waals surface area (Å²) in [6, 6.07) is 12.8. The maximum atomic E-state index is 13.0. The van der Waals surface area contributed by atoms with Crippen molar-refractivity contribution in [1.29, 1.82) is 0 Å². The number of carbonyl (C=O) groups is 2. The summed E-state index contributed by atoms with van der Waals surface area (Å²) in [5.41, 5.74) is 1.80. The highest BCUT2D eigenvalue weighted by Crippen LogP contribution is 2.18. The van der Waals surface area contributed by atoms with Crippen molar-refractivity contribution in [3.05, 3.63) is 70.5 Å². The van der Waals surface area contributed by atoms with Crippen LogP contribution in [0, 0.1) is 5.82 Å². The normalized spacial score (nSPS) is 11.7. The van der Waals surface area contributed by atoms with E-state index in [2.05, 4.69) is 5.32 Å². The SMILES string of the molecule is CNC(=O)C(C)N(Cc1cccc(Cl)c1)C(=O)CSCc1ccc(F)cc1. The van der Waals surface area contributed by atoms with E-state index in [0.717, 1.165) is 11.1 Å². The lowest BCUT2D eigenvalue weighted by Crippen LogP contribution is -2.47. The maximum absolute atomic E-state index is 13.0. The van der Waals surface area contributed by atoms with Gasteiger partial charge in [-0.05, 0) is 42.3 Å². The second-order valence-corrected chi connectivity index (χ2v) is 7.48. The molecule has 2 aromatic carbocycles. The van der Waals surface area contributed by atoms with Crippen LogP contribution in [-0.4, -0.2) is 35.6 Å². The first kappa shape index (κ1) is 21.3. The number of carbonyl (C=O) groups excluding carboxylic acids is 2. The van der Waals surface area contributed by atoms with E-state index in [-0.39, 0.29) is 23.4 Å². The van der Waals surface area contributed by atoms with Crippen molar-refractivity contribution >= 4 is 35.2 Å². The summed E-state index contributed by atoms with van der Waals surface area (Å²) in [7, 11) is 1.55. The van der Waals surface area contributed by atoms with Gasteiger partial charge in [-0.15, -0.1) is 11.8 Å². The molecule has 0 aliphatic rings. The first-order valence-corrected chi connectivity index (χ1v) is 10.0. The molecule has 0 aromatic heterocycles. The Morgan fingerprint density at radius 3 is 2.52 bits per heavy atom. The molecule has 1 unspecified atom stereocenters. The van der Waals surface area contributed by atoms with Gasteiger partial charge in [-0.1, -0.05) is 35.9 Å². The van der Waals surface area contributed by atoms with Gasteiger partial charge in [-0.25, -0.2) is 4.39 Å². The zero-order valence-corrected chi connectivity index (χ0v) is 16.8. The maximum Gasteiger partial charge on any atom is 0.242 e. The molecular formula is C20H22ClFN2O2S. The molecule has 1 atom stereocenters. The van der Waals surface area contributed by atoms with E-state index in [4.69, 9.17) is 11.6 Å². The summed E-state index contributed by atoms with van der Waals surface area (Å²) >= 11 is 7.45. The third-order valence-corrected chi connectivity index (χ3v) is 5.29. The minimum absolute atomic E-state index is 0.141. The van der Waals surface area contributed by atoms with E-state index in [9.17, 15) is 14.0 Å². The molecule has 0 saturated heterocycles. The van der Waals surface area contributed by atoms with Crippen LogP contribution < -0.4 is 5.32 Å². The minimum atomic E-state index is -0.604. The molecule has 2 aromatic rings. The highest BCUT2D eigenvalue weighted by Gasteiger charge is 2.25. The Kier molecular flexibility index (Phi) is 8.13. The lowest BCUT2D eigenvalue weighted by atomic mass is 10.1. The van der Waals surface area contributed by atoms with Crippen LogP contribution in [-0.2, 0) is 21.9 Å². The van der Waals surface area contributed by atoms with Gasteiger partial charge < -0.3 is 10.2 Å². The molecule has 0 fully saturated rings. The van der Waals surface area contributed by atoms with Gasteiger partial charge in [0.25, 0.3) is 0 Å². The monoisotopic (exact) mass is 408 g/mol. The van der Waals surface area contributed by atoms with Gasteiger partial charge in [0.05, 0.1) is 5.75 Å². The van der Waals surface area contributed by atoms with Crippen LogP contribution in [0.3, 0.4) is 0 Å². The predicted octanol–water partition coefficient (Wildman–Crippen LogP) is 3.88. The van der Waals surface area contributed by atoms with E-state index in [1.165, 1.54) is 23.9 Å². The Hall–Kier alpha value is -2.05. The van der Waals surface area contributed by atoms with Crippen molar-refractivity contribution < 1.29 is 14.0 Å². The molecule has 0 heterocycles. The Labute approximate surface area is 168 Å². The van der Waals surface area contributed by atoms with Crippen LogP contribution in [0.15, 0.2) is 48.5 Å². The topological polar surface area (TPSA) is 49.4 Å². The van der Waals surface area contributed by atoms with Gasteiger partial charge in [0.15, 0.2) is 0 Å². The number of thioether (sulfide) groups is 1. The summed E-state index contributed by atoms with van der Waals surface area (Å²) in [6.45, 7) is 2.00. The fourth-order valence-corrected chi connectivity index (χ4v) is 3.63. The number of likely N-dealkylation sites (N-methyl/N-ethyl adjacent to an activating group) is 1. The van der Waals surface area contributed by atoms with Gasteiger partial charge in [-0.3, -0.25) is 9.59 Å². The smallest absolute Gasteiger partial charge is 0.242 e. The summed E-state index contributed by atoms with van der Waals surface area (Å²) < 4.78 is 13.0. The molecule has 0 radical (unpaired) electrons. The van der Waals surface area contributed by atoms with Crippen molar-refractivity contribution in [2.24, 2.45) is 0 Å². The summed E-state index contributed by atoms with van der Waals surface area (Å²) in [5.74, 6) is 0.156. The van der Waals surface area contributed by atoms with Crippen LogP contribution in [0.1, 0.15) is 18.1 Å². The molecule has 0 saturated carbocycles. The Morgan fingerprint density at radius 1 is 1.19 bits per heavy atom. The third-order valence-electron chi connectivity index (χ3n) is 4.06. The van der Waals surface area contributed by atoms with Gasteiger partial charge in [-0.2, -0.15) is 0 Å². The first-order valence-electron chi connectivity index (χ1n) is 8.48. The summed E-state index contributed by atoms with van der Waals surface area (Å²) in [4.78, 5) is 26.4. The lowest BCUT2D eigenvalue weighted by Gasteiger charge is -2.28. The van der Waals surface area contributed by atoms with E-state index >= 15 is 0 Å². The Morgan fingerprint density at radius 2 is 1.89 bits per heavy atom. The first-order chi connectivity index (χ1) is 12.9. The second-order valence-electron chi connectivity index (χ2n) is 6.06. The largest absolute Gasteiger partial charge is 0.357 e. The Balaban J connectivity index is 2.03. The molecule has 7 heteroatoms. The average Bonchev–Trinajstić information content (AvgIpc) is 2.66. The van der Waals surface area contributed by atoms with Crippen molar-refractivity contribution in [3.8, 4) is 0 Å². The van der Waals surface area contributed by atoms with E-state index in [1.807, 2.05) is 12.1 Å². The van der Waals surface area contributed by atoms with E-state index in [1.54, 1.807) is 43.1 Å². The van der Waals surface area contributed by atoms with Crippen molar-refractivity contribution in [2.45, 2.75) is 25.3 Å². The van der Waals surface area contributed by atoms with E-state index in [0.29, 0.717) is 17.3 Å². The molecule has 0 spiro atoms. The van der Waals surface area contributed by atoms with Crippen LogP contribution >= 0.6 is 23.4 Å². The van der Waals surface area contributed by atoms with Gasteiger partial charge in [0, 0.05) is 24.4 Å². The molecule has 144 valence electrons. The molecule has 1 N–H and O–H groups in total. The van der Waals surface area contributed by atoms with Crippen molar-refractivity contribution in [3.63, 3.8) is 0 Å². The number of rotatable bonds is 8. The molecule has 0 aliphatic carbocycles. The number of nitrogens with one attached hydrogen (secondary N) is 1. The second kappa shape index (κ2) is 10.3. The number of hydrogen-bond donors (Lipinski definition) is 1. The molecule has 2 rings (SSSR count).